The van der Waals surface area contributed by atoms with Gasteiger partial charge in [-0.25, -0.2) is 14.6 Å². The van der Waals surface area contributed by atoms with E-state index in [0.717, 1.165) is 33.2 Å². The molecule has 1 aromatic carbocycles. The van der Waals surface area contributed by atoms with Crippen molar-refractivity contribution in [2.45, 2.75) is 10.8 Å². The number of fused-ring (bicyclic) bond motifs is 1. The van der Waals surface area contributed by atoms with E-state index in [-0.39, 0.29) is 0 Å². The SMILES string of the molecule is Clc1cccc(-n2ncc3c(SCc4ccccn4)ncnc32)c1. The van der Waals surface area contributed by atoms with Gasteiger partial charge in [0.2, 0.25) is 0 Å². The van der Waals surface area contributed by atoms with Crippen LogP contribution in [-0.4, -0.2) is 24.7 Å². The molecular formula is C17H12ClN5S. The van der Waals surface area contributed by atoms with Gasteiger partial charge in [-0.3, -0.25) is 4.98 Å². The van der Waals surface area contributed by atoms with Crippen LogP contribution in [0.3, 0.4) is 0 Å². The predicted octanol–water partition coefficient (Wildman–Crippen LogP) is 4.16. The van der Waals surface area contributed by atoms with E-state index in [1.807, 2.05) is 42.5 Å². The van der Waals surface area contributed by atoms with E-state index in [1.165, 1.54) is 0 Å². The first kappa shape index (κ1) is 15.1. The molecule has 3 heterocycles. The second-order valence-electron chi connectivity index (χ2n) is 5.06. The van der Waals surface area contributed by atoms with Gasteiger partial charge >= 0.3 is 0 Å². The molecule has 7 heteroatoms. The quantitative estimate of drug-likeness (QED) is 0.407. The Morgan fingerprint density at radius 2 is 2.00 bits per heavy atom. The molecule has 0 N–H and O–H groups in total. The summed E-state index contributed by atoms with van der Waals surface area (Å²) in [6.07, 6.45) is 5.14. The van der Waals surface area contributed by atoms with Gasteiger partial charge in [0.25, 0.3) is 0 Å². The Morgan fingerprint density at radius 1 is 1.04 bits per heavy atom. The molecule has 0 amide bonds. The molecule has 118 valence electrons. The number of nitrogens with zero attached hydrogens (tertiary/aromatic N) is 5. The van der Waals surface area contributed by atoms with Crippen LogP contribution in [-0.2, 0) is 5.75 Å². The van der Waals surface area contributed by atoms with Crippen molar-refractivity contribution in [3.8, 4) is 5.69 Å². The van der Waals surface area contributed by atoms with Gasteiger partial charge in [0, 0.05) is 17.0 Å². The number of hydrogen-bond donors (Lipinski definition) is 0. The van der Waals surface area contributed by atoms with E-state index in [9.17, 15) is 0 Å². The van der Waals surface area contributed by atoms with Crippen molar-refractivity contribution in [3.05, 3.63) is 71.9 Å². The van der Waals surface area contributed by atoms with Gasteiger partial charge in [-0.1, -0.05) is 35.5 Å². The van der Waals surface area contributed by atoms with Crippen LogP contribution in [0.25, 0.3) is 16.7 Å². The standard InChI is InChI=1S/C17H12ClN5S/c18-12-4-3-6-14(8-12)23-16-15(9-22-23)17(21-11-20-16)24-10-13-5-1-2-7-19-13/h1-9,11H,10H2. The number of hydrogen-bond acceptors (Lipinski definition) is 5. The van der Waals surface area contributed by atoms with E-state index in [0.29, 0.717) is 5.02 Å². The number of aromatic nitrogens is 5. The molecule has 0 radical (unpaired) electrons. The van der Waals surface area contributed by atoms with Crippen molar-refractivity contribution in [1.82, 2.24) is 24.7 Å². The Bertz CT molecular complexity index is 987. The Morgan fingerprint density at radius 3 is 2.83 bits per heavy atom. The van der Waals surface area contributed by atoms with Crippen LogP contribution in [0.5, 0.6) is 0 Å². The van der Waals surface area contributed by atoms with Crippen LogP contribution in [0.2, 0.25) is 5.02 Å². The monoisotopic (exact) mass is 353 g/mol. The maximum atomic E-state index is 6.08. The summed E-state index contributed by atoms with van der Waals surface area (Å²) < 4.78 is 1.77. The number of rotatable bonds is 4. The van der Waals surface area contributed by atoms with Gasteiger partial charge in [-0.05, 0) is 30.3 Å². The molecule has 0 bridgehead atoms. The van der Waals surface area contributed by atoms with E-state index >= 15 is 0 Å². The summed E-state index contributed by atoms with van der Waals surface area (Å²) in [7, 11) is 0. The molecule has 5 nitrogen and oxygen atoms in total. The third-order valence-corrected chi connectivity index (χ3v) is 4.74. The van der Waals surface area contributed by atoms with Gasteiger partial charge in [0.05, 0.1) is 23.0 Å². The molecule has 4 aromatic rings. The van der Waals surface area contributed by atoms with Crippen molar-refractivity contribution in [2.24, 2.45) is 0 Å². The van der Waals surface area contributed by atoms with Crippen molar-refractivity contribution < 1.29 is 0 Å². The lowest BCUT2D eigenvalue weighted by Crippen LogP contribution is -1.98. The third kappa shape index (κ3) is 2.98. The lowest BCUT2D eigenvalue weighted by molar-refractivity contribution is 0.893. The second kappa shape index (κ2) is 6.59. The highest BCUT2D eigenvalue weighted by atomic mass is 35.5. The molecule has 0 aliphatic rings. The van der Waals surface area contributed by atoms with Crippen LogP contribution in [0.1, 0.15) is 5.69 Å². The first-order valence-electron chi connectivity index (χ1n) is 7.28. The maximum Gasteiger partial charge on any atom is 0.167 e. The fourth-order valence-electron chi connectivity index (χ4n) is 2.36. The van der Waals surface area contributed by atoms with Gasteiger partial charge in [0.15, 0.2) is 5.65 Å². The number of pyridine rings is 1. The molecule has 0 atom stereocenters. The minimum absolute atomic E-state index is 0.662. The molecule has 0 saturated heterocycles. The first-order chi connectivity index (χ1) is 11.8. The largest absolute Gasteiger partial charge is 0.260 e. The Kier molecular flexibility index (Phi) is 4.15. The van der Waals surface area contributed by atoms with Crippen LogP contribution < -0.4 is 0 Å². The molecular weight excluding hydrogens is 342 g/mol. The summed E-state index contributed by atoms with van der Waals surface area (Å²) in [6.45, 7) is 0. The number of thioether (sulfide) groups is 1. The zero-order valence-corrected chi connectivity index (χ0v) is 14.1. The van der Waals surface area contributed by atoms with Gasteiger partial charge in [-0.2, -0.15) is 5.10 Å². The molecule has 0 fully saturated rings. The predicted molar refractivity (Wildman–Crippen MR) is 95.5 cm³/mol. The zero-order chi connectivity index (χ0) is 16.4. The van der Waals surface area contributed by atoms with Crippen molar-refractivity contribution in [3.63, 3.8) is 0 Å². The molecule has 0 spiro atoms. The molecule has 0 aliphatic carbocycles. The molecule has 0 saturated carbocycles. The highest BCUT2D eigenvalue weighted by molar-refractivity contribution is 7.98. The number of benzene rings is 1. The average molecular weight is 354 g/mol. The minimum atomic E-state index is 0.662. The van der Waals surface area contributed by atoms with E-state index < -0.39 is 0 Å². The Hall–Kier alpha value is -2.44. The van der Waals surface area contributed by atoms with Crippen LogP contribution in [0.15, 0.2) is 66.2 Å². The highest BCUT2D eigenvalue weighted by Crippen LogP contribution is 2.28. The number of halogens is 1. The lowest BCUT2D eigenvalue weighted by Gasteiger charge is -2.04. The van der Waals surface area contributed by atoms with Crippen molar-refractivity contribution in [1.29, 1.82) is 0 Å². The first-order valence-corrected chi connectivity index (χ1v) is 8.65. The Labute approximate surface area is 147 Å². The summed E-state index contributed by atoms with van der Waals surface area (Å²) >= 11 is 7.70. The molecule has 0 aliphatic heterocycles. The summed E-state index contributed by atoms with van der Waals surface area (Å²) in [5.41, 5.74) is 2.64. The lowest BCUT2D eigenvalue weighted by atomic mass is 10.3. The van der Waals surface area contributed by atoms with Crippen molar-refractivity contribution in [2.75, 3.05) is 0 Å². The van der Waals surface area contributed by atoms with Crippen LogP contribution in [0.4, 0.5) is 0 Å². The highest BCUT2D eigenvalue weighted by Gasteiger charge is 2.12. The normalized spacial score (nSPS) is 11.0. The van der Waals surface area contributed by atoms with Crippen LogP contribution in [0, 0.1) is 0 Å². The van der Waals surface area contributed by atoms with Gasteiger partial charge in [-0.15, -0.1) is 0 Å². The third-order valence-electron chi connectivity index (χ3n) is 3.46. The van der Waals surface area contributed by atoms with Crippen LogP contribution >= 0.6 is 23.4 Å². The molecule has 3 aromatic heterocycles. The molecule has 24 heavy (non-hydrogen) atoms. The van der Waals surface area contributed by atoms with E-state index in [1.54, 1.807) is 35.2 Å². The maximum absolute atomic E-state index is 6.08. The summed E-state index contributed by atoms with van der Waals surface area (Å²) in [5.74, 6) is 0.745. The fourth-order valence-corrected chi connectivity index (χ4v) is 3.42. The molecule has 0 unspecified atom stereocenters. The zero-order valence-electron chi connectivity index (χ0n) is 12.5. The van der Waals surface area contributed by atoms with E-state index in [4.69, 9.17) is 11.6 Å². The van der Waals surface area contributed by atoms with E-state index in [2.05, 4.69) is 20.1 Å². The van der Waals surface area contributed by atoms with Gasteiger partial charge < -0.3 is 0 Å². The van der Waals surface area contributed by atoms with Gasteiger partial charge in [0.1, 0.15) is 11.4 Å². The summed E-state index contributed by atoms with van der Waals surface area (Å²) in [5, 5.41) is 6.91. The average Bonchev–Trinajstić information content (AvgIpc) is 3.05. The summed E-state index contributed by atoms with van der Waals surface area (Å²) in [6, 6.07) is 13.4. The Balaban J connectivity index is 1.69. The fraction of sp³-hybridized carbons (Fsp3) is 0.0588. The molecule has 4 rings (SSSR count). The topological polar surface area (TPSA) is 56.5 Å². The van der Waals surface area contributed by atoms with Crippen molar-refractivity contribution >= 4 is 34.4 Å². The smallest absolute Gasteiger partial charge is 0.167 e. The second-order valence-corrected chi connectivity index (χ2v) is 6.46. The summed E-state index contributed by atoms with van der Waals surface area (Å²) in [4.78, 5) is 13.1. The minimum Gasteiger partial charge on any atom is -0.260 e.